The van der Waals surface area contributed by atoms with Crippen LogP contribution in [0.1, 0.15) is 0 Å². The van der Waals surface area contributed by atoms with Crippen molar-refractivity contribution in [3.8, 4) is 17.0 Å². The predicted molar refractivity (Wildman–Crippen MR) is 158 cm³/mol. The van der Waals surface area contributed by atoms with Crippen LogP contribution < -0.4 is 20.3 Å². The lowest BCUT2D eigenvalue weighted by atomic mass is 10.1. The number of nitrogens with zero attached hydrogens (tertiary/aromatic N) is 4. The summed E-state index contributed by atoms with van der Waals surface area (Å²) < 4.78 is 5.75. The molecular formula is C29H30ClN7O2. The van der Waals surface area contributed by atoms with Crippen molar-refractivity contribution in [2.45, 2.75) is 0 Å². The number of carbonyl (C=O) groups excluding carboxylic acids is 1. The molecule has 0 saturated carbocycles. The van der Waals surface area contributed by atoms with Crippen molar-refractivity contribution in [1.29, 1.82) is 0 Å². The van der Waals surface area contributed by atoms with Crippen molar-refractivity contribution in [1.82, 2.24) is 19.9 Å². The largest absolute Gasteiger partial charge is 0.494 e. The van der Waals surface area contributed by atoms with Gasteiger partial charge in [0.05, 0.1) is 41.1 Å². The molecule has 1 aliphatic heterocycles. The summed E-state index contributed by atoms with van der Waals surface area (Å²) in [5.74, 6) is 0.677. The molecule has 2 aromatic carbocycles. The molecule has 0 spiro atoms. The highest BCUT2D eigenvalue weighted by molar-refractivity contribution is 6.33. The van der Waals surface area contributed by atoms with Gasteiger partial charge in [-0.3, -0.25) is 4.79 Å². The second-order valence-electron chi connectivity index (χ2n) is 9.21. The fourth-order valence-electron chi connectivity index (χ4n) is 4.58. The molecule has 39 heavy (non-hydrogen) atoms. The van der Waals surface area contributed by atoms with Crippen LogP contribution in [0.25, 0.3) is 22.2 Å². The summed E-state index contributed by atoms with van der Waals surface area (Å²) in [5.41, 5.74) is 4.59. The number of aromatic nitrogens is 3. The number of allylic oxidation sites excluding steroid dienone is 2. The van der Waals surface area contributed by atoms with Gasteiger partial charge in [0.1, 0.15) is 5.75 Å². The number of hydrogen-bond acceptors (Lipinski definition) is 7. The SMILES string of the molecule is C=C/C=C\C(=O)Nc1cc(Nc2ncc(Cl)c(-c3c[nH]c4ccccc34)n2)c(OC)cc1N1CCN(C)CC1. The smallest absolute Gasteiger partial charge is 0.248 e. The number of halogens is 1. The second kappa shape index (κ2) is 11.6. The number of nitrogens with one attached hydrogen (secondary N) is 3. The van der Waals surface area contributed by atoms with Crippen molar-refractivity contribution < 1.29 is 9.53 Å². The molecule has 4 aromatic rings. The molecule has 10 heteroatoms. The number of likely N-dealkylation sites (N-methyl/N-ethyl adjacent to an activating group) is 1. The summed E-state index contributed by atoms with van der Waals surface area (Å²) >= 11 is 6.53. The third kappa shape index (κ3) is 5.74. The van der Waals surface area contributed by atoms with Gasteiger partial charge in [-0.25, -0.2) is 9.97 Å². The zero-order chi connectivity index (χ0) is 27.4. The molecule has 9 nitrogen and oxygen atoms in total. The normalized spacial score (nSPS) is 14.1. The standard InChI is InChI=1S/C29H30ClN7O2/c1-4-5-10-27(38)33-23-15-24(26(39-3)16-25(23)37-13-11-36(2)12-14-37)34-29-32-18-21(30)28(35-29)20-17-31-22-9-7-6-8-19(20)22/h4-10,15-18,31H,1,11-14H2,2-3H3,(H,33,38)(H,32,34,35)/b10-5-. The van der Waals surface area contributed by atoms with E-state index in [1.165, 1.54) is 6.08 Å². The molecule has 1 aliphatic rings. The molecule has 0 aliphatic carbocycles. The number of rotatable bonds is 8. The van der Waals surface area contributed by atoms with E-state index in [9.17, 15) is 4.79 Å². The minimum atomic E-state index is -0.259. The number of piperazine rings is 1. The van der Waals surface area contributed by atoms with E-state index in [1.54, 1.807) is 25.5 Å². The Bertz CT molecular complexity index is 1540. The highest BCUT2D eigenvalue weighted by atomic mass is 35.5. The average molecular weight is 544 g/mol. The number of anilines is 4. The van der Waals surface area contributed by atoms with Gasteiger partial charge in [-0.2, -0.15) is 0 Å². The van der Waals surface area contributed by atoms with Gasteiger partial charge in [-0.1, -0.05) is 48.5 Å². The minimum Gasteiger partial charge on any atom is -0.494 e. The topological polar surface area (TPSA) is 98.4 Å². The Kier molecular flexibility index (Phi) is 7.81. The second-order valence-corrected chi connectivity index (χ2v) is 9.61. The van der Waals surface area contributed by atoms with E-state index >= 15 is 0 Å². The number of aromatic amines is 1. The number of methoxy groups -OCH3 is 1. The Hall–Kier alpha value is -4.34. The van der Waals surface area contributed by atoms with Gasteiger partial charge in [0.15, 0.2) is 0 Å². The van der Waals surface area contributed by atoms with Crippen LogP contribution >= 0.6 is 11.6 Å². The van der Waals surface area contributed by atoms with Gasteiger partial charge < -0.3 is 30.2 Å². The van der Waals surface area contributed by atoms with Crippen LogP contribution in [0.3, 0.4) is 0 Å². The number of hydrogen-bond donors (Lipinski definition) is 3. The zero-order valence-corrected chi connectivity index (χ0v) is 22.6. The quantitative estimate of drug-likeness (QED) is 0.200. The molecule has 2 aromatic heterocycles. The number of para-hydroxylation sites is 1. The maximum Gasteiger partial charge on any atom is 0.248 e. The van der Waals surface area contributed by atoms with Gasteiger partial charge in [-0.05, 0) is 19.2 Å². The first-order chi connectivity index (χ1) is 19.0. The average Bonchev–Trinajstić information content (AvgIpc) is 3.38. The molecule has 3 heterocycles. The van der Waals surface area contributed by atoms with Crippen LogP contribution in [0.15, 0.2) is 73.6 Å². The van der Waals surface area contributed by atoms with Gasteiger partial charge in [-0.15, -0.1) is 0 Å². The lowest BCUT2D eigenvalue weighted by Gasteiger charge is -2.35. The fraction of sp³-hybridized carbons (Fsp3) is 0.207. The predicted octanol–water partition coefficient (Wildman–Crippen LogP) is 5.46. The monoisotopic (exact) mass is 543 g/mol. The van der Waals surface area contributed by atoms with Crippen LogP contribution in [0.4, 0.5) is 23.0 Å². The van der Waals surface area contributed by atoms with Gasteiger partial charge in [0, 0.05) is 61.0 Å². The molecule has 1 saturated heterocycles. The van der Waals surface area contributed by atoms with E-state index in [-0.39, 0.29) is 5.91 Å². The minimum absolute atomic E-state index is 0.259. The van der Waals surface area contributed by atoms with Crippen LogP contribution in [0.2, 0.25) is 5.02 Å². The van der Waals surface area contributed by atoms with Gasteiger partial charge in [0.2, 0.25) is 11.9 Å². The Morgan fingerprint density at radius 2 is 1.97 bits per heavy atom. The number of H-pyrrole nitrogens is 1. The highest BCUT2D eigenvalue weighted by Gasteiger charge is 2.21. The summed E-state index contributed by atoms with van der Waals surface area (Å²) in [6.07, 6.45) is 8.06. The molecule has 0 unspecified atom stereocenters. The Balaban J connectivity index is 1.52. The molecule has 1 amide bonds. The molecule has 3 N–H and O–H groups in total. The fourth-order valence-corrected chi connectivity index (χ4v) is 4.77. The lowest BCUT2D eigenvalue weighted by Crippen LogP contribution is -2.44. The van der Waals surface area contributed by atoms with Crippen molar-refractivity contribution >= 4 is 51.4 Å². The van der Waals surface area contributed by atoms with E-state index in [0.29, 0.717) is 33.8 Å². The first-order valence-electron chi connectivity index (χ1n) is 12.6. The summed E-state index contributed by atoms with van der Waals surface area (Å²) in [4.78, 5) is 29.6. The maximum atomic E-state index is 12.6. The number of amides is 1. The Morgan fingerprint density at radius 3 is 2.74 bits per heavy atom. The Labute approximate surface area is 232 Å². The van der Waals surface area contributed by atoms with Crippen molar-refractivity contribution in [2.75, 3.05) is 55.9 Å². The lowest BCUT2D eigenvalue weighted by molar-refractivity contribution is -0.111. The summed E-state index contributed by atoms with van der Waals surface area (Å²) in [6.45, 7) is 7.13. The maximum absolute atomic E-state index is 12.6. The van der Waals surface area contributed by atoms with E-state index < -0.39 is 0 Å². The van der Waals surface area contributed by atoms with Gasteiger partial charge in [0.25, 0.3) is 0 Å². The molecule has 0 bridgehead atoms. The van der Waals surface area contributed by atoms with E-state index in [1.807, 2.05) is 42.6 Å². The molecular weight excluding hydrogens is 514 g/mol. The zero-order valence-electron chi connectivity index (χ0n) is 21.9. The van der Waals surface area contributed by atoms with Crippen molar-refractivity contribution in [3.05, 3.63) is 78.6 Å². The van der Waals surface area contributed by atoms with Crippen LogP contribution in [-0.2, 0) is 4.79 Å². The van der Waals surface area contributed by atoms with E-state index in [4.69, 9.17) is 21.3 Å². The summed E-state index contributed by atoms with van der Waals surface area (Å²) in [5, 5.41) is 7.72. The molecule has 0 radical (unpaired) electrons. The van der Waals surface area contributed by atoms with Crippen molar-refractivity contribution in [3.63, 3.8) is 0 Å². The van der Waals surface area contributed by atoms with E-state index in [0.717, 1.165) is 48.3 Å². The first kappa shape index (κ1) is 26.3. The number of ether oxygens (including phenoxy) is 1. The summed E-state index contributed by atoms with van der Waals surface area (Å²) in [6, 6.07) is 11.7. The van der Waals surface area contributed by atoms with Gasteiger partial charge >= 0.3 is 0 Å². The van der Waals surface area contributed by atoms with Crippen LogP contribution in [-0.4, -0.2) is 66.1 Å². The number of carbonyl (C=O) groups is 1. The number of fused-ring (bicyclic) bond motifs is 1. The van der Waals surface area contributed by atoms with Crippen LogP contribution in [0, 0.1) is 0 Å². The molecule has 1 fully saturated rings. The molecule has 5 rings (SSSR count). The molecule has 0 atom stereocenters. The highest BCUT2D eigenvalue weighted by Crippen LogP contribution is 2.39. The third-order valence-corrected chi connectivity index (χ3v) is 6.91. The van der Waals surface area contributed by atoms with E-state index in [2.05, 4.69) is 44.0 Å². The van der Waals surface area contributed by atoms with Crippen LogP contribution in [0.5, 0.6) is 5.75 Å². The summed E-state index contributed by atoms with van der Waals surface area (Å²) in [7, 11) is 3.71. The Morgan fingerprint density at radius 1 is 1.18 bits per heavy atom. The first-order valence-corrected chi connectivity index (χ1v) is 13.0. The van der Waals surface area contributed by atoms with Crippen molar-refractivity contribution in [2.24, 2.45) is 0 Å². The molecule has 200 valence electrons. The number of benzene rings is 2. The third-order valence-electron chi connectivity index (χ3n) is 6.64.